The van der Waals surface area contributed by atoms with Gasteiger partial charge in [0.15, 0.2) is 0 Å². The summed E-state index contributed by atoms with van der Waals surface area (Å²) in [5.41, 5.74) is 1.74. The fourth-order valence-corrected chi connectivity index (χ4v) is 3.95. The molecule has 0 unspecified atom stereocenters. The number of hydrogen-bond acceptors (Lipinski definition) is 5. The van der Waals surface area contributed by atoms with Gasteiger partial charge in [-0.05, 0) is 48.0 Å². The quantitative estimate of drug-likeness (QED) is 0.449. The van der Waals surface area contributed by atoms with Crippen molar-refractivity contribution in [3.63, 3.8) is 0 Å². The third-order valence-corrected chi connectivity index (χ3v) is 5.85. The number of aromatic nitrogens is 2. The van der Waals surface area contributed by atoms with Crippen LogP contribution in [0.5, 0.6) is 0 Å². The highest BCUT2D eigenvalue weighted by Gasteiger charge is 2.15. The molecule has 154 valence electrons. The zero-order chi connectivity index (χ0) is 21.0. The van der Waals surface area contributed by atoms with E-state index >= 15 is 0 Å². The highest BCUT2D eigenvalue weighted by atomic mass is 32.2. The molecule has 7 nitrogen and oxygen atoms in total. The number of rotatable bonds is 8. The lowest BCUT2D eigenvalue weighted by Crippen LogP contribution is -2.23. The predicted molar refractivity (Wildman–Crippen MR) is 110 cm³/mol. The zero-order valence-electron chi connectivity index (χ0n) is 15.8. The Bertz CT molecular complexity index is 1220. The van der Waals surface area contributed by atoms with Gasteiger partial charge in [0, 0.05) is 24.6 Å². The maximum atomic E-state index is 14.4. The van der Waals surface area contributed by atoms with Crippen molar-refractivity contribution >= 4 is 15.7 Å². The molecule has 0 spiro atoms. The lowest BCUT2D eigenvalue weighted by atomic mass is 10.2. The summed E-state index contributed by atoms with van der Waals surface area (Å²) in [4.78, 5) is 4.04. The molecule has 30 heavy (non-hydrogen) atoms. The number of benzene rings is 2. The molecule has 0 atom stereocenters. The summed E-state index contributed by atoms with van der Waals surface area (Å²) >= 11 is 0. The first kappa shape index (κ1) is 19.9. The van der Waals surface area contributed by atoms with E-state index in [1.54, 1.807) is 53.4 Å². The van der Waals surface area contributed by atoms with Crippen LogP contribution in [0.2, 0.25) is 0 Å². The molecule has 0 amide bonds. The average Bonchev–Trinajstić information content (AvgIpc) is 3.45. The Morgan fingerprint density at radius 3 is 2.70 bits per heavy atom. The lowest BCUT2D eigenvalue weighted by Gasteiger charge is -2.11. The Kier molecular flexibility index (Phi) is 5.64. The van der Waals surface area contributed by atoms with Crippen molar-refractivity contribution in [3.8, 4) is 5.69 Å². The molecule has 0 saturated heterocycles. The maximum absolute atomic E-state index is 14.4. The van der Waals surface area contributed by atoms with Crippen LogP contribution in [0.25, 0.3) is 5.69 Å². The van der Waals surface area contributed by atoms with E-state index in [2.05, 4.69) is 15.0 Å². The van der Waals surface area contributed by atoms with Gasteiger partial charge in [-0.15, -0.1) is 0 Å². The Balaban J connectivity index is 1.42. The molecule has 0 saturated carbocycles. The monoisotopic (exact) mass is 426 g/mol. The number of halogens is 1. The Hall–Kier alpha value is -3.43. The minimum atomic E-state index is -3.70. The van der Waals surface area contributed by atoms with E-state index < -0.39 is 10.0 Å². The number of nitrogens with one attached hydrogen (secondary N) is 2. The second-order valence-corrected chi connectivity index (χ2v) is 8.31. The van der Waals surface area contributed by atoms with Crippen molar-refractivity contribution in [2.75, 3.05) is 5.32 Å². The molecule has 4 aromatic rings. The van der Waals surface area contributed by atoms with Gasteiger partial charge in [0.25, 0.3) is 0 Å². The van der Waals surface area contributed by atoms with Crippen molar-refractivity contribution in [2.24, 2.45) is 0 Å². The number of hydrogen-bond donors (Lipinski definition) is 2. The topological polar surface area (TPSA) is 89.2 Å². The number of imidazole rings is 1. The highest BCUT2D eigenvalue weighted by molar-refractivity contribution is 7.89. The van der Waals surface area contributed by atoms with E-state index in [-0.39, 0.29) is 17.3 Å². The lowest BCUT2D eigenvalue weighted by molar-refractivity contribution is 0.498. The van der Waals surface area contributed by atoms with Crippen molar-refractivity contribution in [2.45, 2.75) is 18.0 Å². The van der Waals surface area contributed by atoms with E-state index in [1.807, 2.05) is 0 Å². The molecule has 9 heteroatoms. The van der Waals surface area contributed by atoms with Crippen LogP contribution in [0, 0.1) is 5.82 Å². The normalized spacial score (nSPS) is 11.5. The average molecular weight is 426 g/mol. The predicted octanol–water partition coefficient (Wildman–Crippen LogP) is 3.70. The number of nitrogens with zero attached hydrogens (tertiary/aromatic N) is 2. The van der Waals surface area contributed by atoms with Crippen LogP contribution in [0.1, 0.15) is 11.3 Å². The minimum absolute atomic E-state index is 0.0650. The summed E-state index contributed by atoms with van der Waals surface area (Å²) in [5.74, 6) is 0.153. The van der Waals surface area contributed by atoms with Gasteiger partial charge >= 0.3 is 0 Å². The van der Waals surface area contributed by atoms with E-state index in [0.29, 0.717) is 23.7 Å². The van der Waals surface area contributed by atoms with Crippen LogP contribution in [0.3, 0.4) is 0 Å². The van der Waals surface area contributed by atoms with Crippen molar-refractivity contribution in [3.05, 3.63) is 96.7 Å². The summed E-state index contributed by atoms with van der Waals surface area (Å²) in [6.45, 7) is 0.403. The molecule has 0 aliphatic carbocycles. The van der Waals surface area contributed by atoms with Crippen LogP contribution < -0.4 is 10.0 Å². The summed E-state index contributed by atoms with van der Waals surface area (Å²) in [5, 5.41) is 3.13. The maximum Gasteiger partial charge on any atom is 0.241 e. The van der Waals surface area contributed by atoms with Gasteiger partial charge in [-0.25, -0.2) is 22.5 Å². The van der Waals surface area contributed by atoms with Crippen LogP contribution in [-0.2, 0) is 23.1 Å². The van der Waals surface area contributed by atoms with E-state index in [1.165, 1.54) is 30.8 Å². The number of anilines is 1. The Labute approximate surface area is 173 Å². The van der Waals surface area contributed by atoms with Gasteiger partial charge in [0.05, 0.1) is 29.7 Å². The fraction of sp³-hybridized carbons (Fsp3) is 0.0952. The molecule has 0 aliphatic rings. The van der Waals surface area contributed by atoms with Gasteiger partial charge in [0.2, 0.25) is 10.0 Å². The molecule has 2 N–H and O–H groups in total. The van der Waals surface area contributed by atoms with Gasteiger partial charge < -0.3 is 14.3 Å². The Morgan fingerprint density at radius 2 is 1.97 bits per heavy atom. The number of sulfonamides is 1. The second kappa shape index (κ2) is 8.52. The molecule has 4 rings (SSSR count). The van der Waals surface area contributed by atoms with Crippen molar-refractivity contribution < 1.29 is 17.2 Å². The molecular weight excluding hydrogens is 407 g/mol. The molecule has 2 aromatic carbocycles. The summed E-state index contributed by atoms with van der Waals surface area (Å²) in [6.07, 6.45) is 6.27. The largest absolute Gasteiger partial charge is 0.468 e. The first-order valence-electron chi connectivity index (χ1n) is 9.14. The van der Waals surface area contributed by atoms with Gasteiger partial charge in [-0.3, -0.25) is 0 Å². The van der Waals surface area contributed by atoms with Gasteiger partial charge in [-0.1, -0.05) is 12.1 Å². The SMILES string of the molecule is O=S(=O)(NCc1ccco1)c1cccc(NCc2ccc(-n3ccnc3)c(F)c2)c1. The zero-order valence-corrected chi connectivity index (χ0v) is 16.6. The van der Waals surface area contributed by atoms with E-state index in [4.69, 9.17) is 4.42 Å². The highest BCUT2D eigenvalue weighted by Crippen LogP contribution is 2.19. The molecule has 0 aliphatic heterocycles. The van der Waals surface area contributed by atoms with Crippen LogP contribution in [0.15, 0.2) is 88.9 Å². The third-order valence-electron chi connectivity index (χ3n) is 4.45. The van der Waals surface area contributed by atoms with E-state index in [0.717, 1.165) is 5.56 Å². The van der Waals surface area contributed by atoms with Crippen LogP contribution in [-0.4, -0.2) is 18.0 Å². The molecule has 0 radical (unpaired) electrons. The van der Waals surface area contributed by atoms with E-state index in [9.17, 15) is 12.8 Å². The number of furan rings is 1. The molecule has 0 fully saturated rings. The summed E-state index contributed by atoms with van der Waals surface area (Å²) in [7, 11) is -3.70. The second-order valence-electron chi connectivity index (χ2n) is 6.54. The molecular formula is C21H19FN4O3S. The smallest absolute Gasteiger partial charge is 0.241 e. The van der Waals surface area contributed by atoms with Crippen molar-refractivity contribution in [1.82, 2.24) is 14.3 Å². The first-order chi connectivity index (χ1) is 14.5. The Morgan fingerprint density at radius 1 is 1.07 bits per heavy atom. The third kappa shape index (κ3) is 4.58. The first-order valence-corrected chi connectivity index (χ1v) is 10.6. The summed E-state index contributed by atoms with van der Waals surface area (Å²) < 4.78 is 48.6. The fourth-order valence-electron chi connectivity index (χ4n) is 2.91. The molecule has 0 bridgehead atoms. The van der Waals surface area contributed by atoms with Gasteiger partial charge in [-0.2, -0.15) is 0 Å². The molecule has 2 aromatic heterocycles. The van der Waals surface area contributed by atoms with Crippen LogP contribution >= 0.6 is 0 Å². The standard InChI is InChI=1S/C21H19FN4O3S/c22-20-11-16(6-7-21(20)26-9-8-23-15-26)13-24-17-3-1-5-19(12-17)30(27,28)25-14-18-4-2-10-29-18/h1-12,15,24-25H,13-14H2. The van der Waals surface area contributed by atoms with Crippen LogP contribution in [0.4, 0.5) is 10.1 Å². The van der Waals surface area contributed by atoms with Crippen molar-refractivity contribution in [1.29, 1.82) is 0 Å². The van der Waals surface area contributed by atoms with Gasteiger partial charge in [0.1, 0.15) is 11.6 Å². The molecule has 2 heterocycles. The summed E-state index contributed by atoms with van der Waals surface area (Å²) in [6, 6.07) is 14.7. The minimum Gasteiger partial charge on any atom is -0.468 e.